The van der Waals surface area contributed by atoms with E-state index in [-0.39, 0.29) is 5.91 Å². The number of carbonyl (C=O) groups excluding carboxylic acids is 1. The highest BCUT2D eigenvalue weighted by Gasteiger charge is 2.32. The Morgan fingerprint density at radius 1 is 0.907 bits per heavy atom. The monoisotopic (exact) mass is 641 g/mol. The first-order chi connectivity index (χ1) is 20.9. The third kappa shape index (κ3) is 6.86. The molecule has 1 aliphatic rings. The van der Waals surface area contributed by atoms with Crippen LogP contribution in [0, 0.1) is 0 Å². The molecule has 1 fully saturated rings. The molecule has 214 valence electrons. The van der Waals surface area contributed by atoms with Gasteiger partial charge in [0.15, 0.2) is 0 Å². The number of hydrogen-bond acceptors (Lipinski definition) is 5. The van der Waals surface area contributed by atoms with Crippen molar-refractivity contribution < 1.29 is 9.53 Å². The Hall–Kier alpha value is -3.88. The van der Waals surface area contributed by atoms with Crippen molar-refractivity contribution in [3.63, 3.8) is 0 Å². The predicted molar refractivity (Wildman–Crippen MR) is 180 cm³/mol. The SMILES string of the molecule is O=C1/C(=C/c2cn(-c3ccccc3)nc2-c2ccc(OCc3ccc(Cl)cc3Cl)cc2)SC(=S)N1CCc1ccccc1. The standard InChI is InChI=1S/C34H25Cl2N3O2S2/c35-27-14-11-25(30(36)20-27)22-41-29-15-12-24(13-16-29)32-26(21-39(37-32)28-9-5-2-6-10-28)19-31-33(40)38(34(42)43-31)18-17-23-7-3-1-4-8-23/h1-16,19-21H,17-18,22H2/b31-19-. The molecule has 1 aromatic heterocycles. The number of thioether (sulfide) groups is 1. The molecule has 0 aliphatic carbocycles. The molecule has 0 bridgehead atoms. The van der Waals surface area contributed by atoms with E-state index in [1.54, 1.807) is 17.0 Å². The van der Waals surface area contributed by atoms with Gasteiger partial charge >= 0.3 is 0 Å². The van der Waals surface area contributed by atoms with Crippen molar-refractivity contribution in [3.8, 4) is 22.7 Å². The van der Waals surface area contributed by atoms with Crippen LogP contribution in [-0.2, 0) is 17.8 Å². The Morgan fingerprint density at radius 3 is 2.35 bits per heavy atom. The summed E-state index contributed by atoms with van der Waals surface area (Å²) in [7, 11) is 0. The fourth-order valence-corrected chi connectivity index (χ4v) is 6.42. The molecule has 0 N–H and O–H groups in total. The van der Waals surface area contributed by atoms with Gasteiger partial charge in [-0.2, -0.15) is 5.10 Å². The van der Waals surface area contributed by atoms with E-state index >= 15 is 0 Å². The number of hydrogen-bond donors (Lipinski definition) is 0. The van der Waals surface area contributed by atoms with Crippen LogP contribution in [0.2, 0.25) is 10.0 Å². The summed E-state index contributed by atoms with van der Waals surface area (Å²) in [6.45, 7) is 0.847. The Balaban J connectivity index is 1.25. The van der Waals surface area contributed by atoms with Crippen LogP contribution in [0.25, 0.3) is 23.0 Å². The number of amides is 1. The number of benzene rings is 4. The van der Waals surface area contributed by atoms with E-state index in [2.05, 4.69) is 12.1 Å². The molecule has 0 spiro atoms. The van der Waals surface area contributed by atoms with Gasteiger partial charge in [-0.3, -0.25) is 9.69 Å². The largest absolute Gasteiger partial charge is 0.489 e. The summed E-state index contributed by atoms with van der Waals surface area (Å²) in [6, 6.07) is 33.0. The minimum absolute atomic E-state index is 0.0889. The Morgan fingerprint density at radius 2 is 1.63 bits per heavy atom. The molecule has 5 nitrogen and oxygen atoms in total. The molecular formula is C34H25Cl2N3O2S2. The molecule has 2 heterocycles. The molecule has 6 rings (SSSR count). The van der Waals surface area contributed by atoms with Gasteiger partial charge in [-0.05, 0) is 66.6 Å². The number of carbonyl (C=O) groups is 1. The summed E-state index contributed by atoms with van der Waals surface area (Å²) in [5.41, 5.74) is 5.37. The van der Waals surface area contributed by atoms with Crippen molar-refractivity contribution in [3.05, 3.63) is 141 Å². The van der Waals surface area contributed by atoms with E-state index in [0.29, 0.717) is 38.2 Å². The van der Waals surface area contributed by atoms with Crippen LogP contribution in [0.4, 0.5) is 0 Å². The fraction of sp³-hybridized carbons (Fsp3) is 0.0882. The van der Waals surface area contributed by atoms with Crippen LogP contribution in [0.1, 0.15) is 16.7 Å². The summed E-state index contributed by atoms with van der Waals surface area (Å²) in [5, 5.41) is 6.05. The van der Waals surface area contributed by atoms with Gasteiger partial charge in [-0.15, -0.1) is 0 Å². The quantitative estimate of drug-likeness (QED) is 0.119. The van der Waals surface area contributed by atoms with Crippen molar-refractivity contribution in [2.45, 2.75) is 13.0 Å². The molecular weight excluding hydrogens is 617 g/mol. The summed E-state index contributed by atoms with van der Waals surface area (Å²) in [5.74, 6) is 0.604. The summed E-state index contributed by atoms with van der Waals surface area (Å²) in [6.07, 6.45) is 4.56. The second-order valence-electron chi connectivity index (χ2n) is 9.83. The molecule has 0 unspecified atom stereocenters. The Kier molecular flexibility index (Phi) is 8.95. The predicted octanol–water partition coefficient (Wildman–Crippen LogP) is 8.87. The highest BCUT2D eigenvalue weighted by atomic mass is 35.5. The van der Waals surface area contributed by atoms with E-state index < -0.39 is 0 Å². The average molecular weight is 643 g/mol. The van der Waals surface area contributed by atoms with Gasteiger partial charge in [0.1, 0.15) is 16.7 Å². The number of para-hydroxylation sites is 1. The lowest BCUT2D eigenvalue weighted by atomic mass is 10.1. The smallest absolute Gasteiger partial charge is 0.266 e. The van der Waals surface area contributed by atoms with Crippen LogP contribution < -0.4 is 4.74 Å². The molecule has 43 heavy (non-hydrogen) atoms. The van der Waals surface area contributed by atoms with Gasteiger partial charge < -0.3 is 4.74 Å². The minimum Gasteiger partial charge on any atom is -0.489 e. The Bertz CT molecular complexity index is 1810. The zero-order chi connectivity index (χ0) is 29.8. The molecule has 0 saturated carbocycles. The lowest BCUT2D eigenvalue weighted by molar-refractivity contribution is -0.122. The normalized spacial score (nSPS) is 14.1. The highest BCUT2D eigenvalue weighted by Crippen LogP contribution is 2.35. The summed E-state index contributed by atoms with van der Waals surface area (Å²) in [4.78, 5) is 15.7. The number of halogens is 2. The number of nitrogens with zero attached hydrogens (tertiary/aromatic N) is 3. The number of aromatic nitrogens is 2. The molecule has 1 saturated heterocycles. The van der Waals surface area contributed by atoms with Crippen molar-refractivity contribution in [2.75, 3.05) is 6.54 Å². The second-order valence-corrected chi connectivity index (χ2v) is 12.4. The van der Waals surface area contributed by atoms with Crippen LogP contribution in [0.3, 0.4) is 0 Å². The third-order valence-corrected chi connectivity index (χ3v) is 8.89. The number of ether oxygens (including phenoxy) is 1. The van der Waals surface area contributed by atoms with Gasteiger partial charge in [0, 0.05) is 39.5 Å². The fourth-order valence-electron chi connectivity index (χ4n) is 4.66. The lowest BCUT2D eigenvalue weighted by Gasteiger charge is -2.14. The maximum Gasteiger partial charge on any atom is 0.266 e. The van der Waals surface area contributed by atoms with Crippen molar-refractivity contribution in [2.24, 2.45) is 0 Å². The van der Waals surface area contributed by atoms with Crippen LogP contribution in [0.5, 0.6) is 5.75 Å². The average Bonchev–Trinajstić information content (AvgIpc) is 3.56. The minimum atomic E-state index is -0.0889. The molecule has 0 atom stereocenters. The van der Waals surface area contributed by atoms with Crippen molar-refractivity contribution in [1.82, 2.24) is 14.7 Å². The second kappa shape index (κ2) is 13.2. The molecule has 1 aliphatic heterocycles. The Labute approximate surface area is 269 Å². The zero-order valence-electron chi connectivity index (χ0n) is 22.8. The lowest BCUT2D eigenvalue weighted by Crippen LogP contribution is -2.30. The van der Waals surface area contributed by atoms with Gasteiger partial charge in [0.25, 0.3) is 5.91 Å². The van der Waals surface area contributed by atoms with Gasteiger partial charge in [0.05, 0.1) is 16.3 Å². The first-order valence-corrected chi connectivity index (χ1v) is 15.5. The third-order valence-electron chi connectivity index (χ3n) is 6.93. The maximum absolute atomic E-state index is 13.4. The molecule has 5 aromatic rings. The summed E-state index contributed by atoms with van der Waals surface area (Å²) >= 11 is 19.2. The molecule has 0 radical (unpaired) electrons. The van der Waals surface area contributed by atoms with Crippen molar-refractivity contribution in [1.29, 1.82) is 0 Å². The van der Waals surface area contributed by atoms with Gasteiger partial charge in [-0.25, -0.2) is 4.68 Å². The molecule has 1 amide bonds. The van der Waals surface area contributed by atoms with E-state index in [1.165, 1.54) is 11.8 Å². The van der Waals surface area contributed by atoms with E-state index in [9.17, 15) is 4.79 Å². The summed E-state index contributed by atoms with van der Waals surface area (Å²) < 4.78 is 8.36. The molecule has 9 heteroatoms. The first kappa shape index (κ1) is 29.2. The van der Waals surface area contributed by atoms with Gasteiger partial charge in [0.2, 0.25) is 0 Å². The highest BCUT2D eigenvalue weighted by molar-refractivity contribution is 8.26. The van der Waals surface area contributed by atoms with E-state index in [4.69, 9.17) is 45.3 Å². The van der Waals surface area contributed by atoms with Crippen LogP contribution >= 0.6 is 47.2 Å². The first-order valence-electron chi connectivity index (χ1n) is 13.6. The maximum atomic E-state index is 13.4. The van der Waals surface area contributed by atoms with E-state index in [1.807, 2.05) is 95.8 Å². The van der Waals surface area contributed by atoms with Gasteiger partial charge in [-0.1, -0.05) is 102 Å². The zero-order valence-corrected chi connectivity index (χ0v) is 26.0. The van der Waals surface area contributed by atoms with Crippen LogP contribution in [0.15, 0.2) is 114 Å². The van der Waals surface area contributed by atoms with Crippen LogP contribution in [-0.4, -0.2) is 31.5 Å². The molecule has 4 aromatic carbocycles. The van der Waals surface area contributed by atoms with Crippen molar-refractivity contribution >= 4 is 63.5 Å². The van der Waals surface area contributed by atoms with E-state index in [0.717, 1.165) is 40.1 Å². The number of thiocarbonyl (C=S) groups is 1. The topological polar surface area (TPSA) is 47.4 Å². The number of rotatable bonds is 9.